The molecule has 0 spiro atoms. The van der Waals surface area contributed by atoms with Gasteiger partial charge >= 0.3 is 0 Å². The van der Waals surface area contributed by atoms with Gasteiger partial charge in [-0.2, -0.15) is 0 Å². The van der Waals surface area contributed by atoms with Gasteiger partial charge < -0.3 is 9.88 Å². The fourth-order valence-corrected chi connectivity index (χ4v) is 2.52. The number of rotatable bonds is 5. The van der Waals surface area contributed by atoms with Gasteiger partial charge in [0, 0.05) is 25.1 Å². The van der Waals surface area contributed by atoms with E-state index in [2.05, 4.69) is 28.7 Å². The monoisotopic (exact) mass is 273 g/mol. The molecule has 108 valence electrons. The Kier molecular flexibility index (Phi) is 4.42. The van der Waals surface area contributed by atoms with Crippen LogP contribution >= 0.6 is 0 Å². The first kappa shape index (κ1) is 14.6. The molecule has 0 radical (unpaired) electrons. The predicted octanol–water partition coefficient (Wildman–Crippen LogP) is 3.05. The van der Waals surface area contributed by atoms with Crippen molar-refractivity contribution in [3.8, 4) is 0 Å². The second-order valence-corrected chi connectivity index (χ2v) is 5.31. The number of benzene rings is 1. The zero-order chi connectivity index (χ0) is 14.7. The van der Waals surface area contributed by atoms with Crippen molar-refractivity contribution in [3.63, 3.8) is 0 Å². The maximum atomic E-state index is 12.2. The third kappa shape index (κ3) is 2.84. The van der Waals surface area contributed by atoms with Gasteiger partial charge in [-0.15, -0.1) is 0 Å². The number of amides is 1. The van der Waals surface area contributed by atoms with Crippen LogP contribution in [0, 0.1) is 0 Å². The summed E-state index contributed by atoms with van der Waals surface area (Å²) < 4.78 is 2.08. The molecule has 1 heterocycles. The van der Waals surface area contributed by atoms with Crippen LogP contribution in [0.15, 0.2) is 18.2 Å². The molecule has 4 nitrogen and oxygen atoms in total. The van der Waals surface area contributed by atoms with Crippen molar-refractivity contribution < 1.29 is 4.79 Å². The van der Waals surface area contributed by atoms with E-state index in [9.17, 15) is 4.79 Å². The zero-order valence-corrected chi connectivity index (χ0v) is 12.7. The van der Waals surface area contributed by atoms with Crippen molar-refractivity contribution in [1.82, 2.24) is 14.9 Å². The summed E-state index contributed by atoms with van der Waals surface area (Å²) in [7, 11) is 2.01. The molecule has 1 amide bonds. The number of hydrogen-bond donors (Lipinski definition) is 1. The van der Waals surface area contributed by atoms with Crippen LogP contribution < -0.4 is 5.32 Å². The molecular weight excluding hydrogens is 250 g/mol. The lowest BCUT2D eigenvalue weighted by Gasteiger charge is -2.12. The molecule has 0 saturated carbocycles. The Labute approximate surface area is 120 Å². The summed E-state index contributed by atoms with van der Waals surface area (Å²) in [4.78, 5) is 16.8. The lowest BCUT2D eigenvalue weighted by Crippen LogP contribution is -2.32. The van der Waals surface area contributed by atoms with Gasteiger partial charge in [0.1, 0.15) is 5.82 Å². The number of fused-ring (bicyclic) bond motifs is 1. The Morgan fingerprint density at radius 2 is 2.15 bits per heavy atom. The van der Waals surface area contributed by atoms with E-state index >= 15 is 0 Å². The Balaban J connectivity index is 2.25. The van der Waals surface area contributed by atoms with Crippen LogP contribution in [-0.2, 0) is 13.5 Å². The first-order valence-electron chi connectivity index (χ1n) is 7.33. The van der Waals surface area contributed by atoms with Gasteiger partial charge in [-0.3, -0.25) is 4.79 Å². The largest absolute Gasteiger partial charge is 0.350 e. The van der Waals surface area contributed by atoms with Gasteiger partial charge in [-0.1, -0.05) is 20.3 Å². The van der Waals surface area contributed by atoms with Crippen LogP contribution in [-0.4, -0.2) is 21.5 Å². The number of hydrogen-bond acceptors (Lipinski definition) is 2. The molecule has 1 atom stereocenters. The topological polar surface area (TPSA) is 46.9 Å². The Bertz CT molecular complexity index is 615. The van der Waals surface area contributed by atoms with E-state index < -0.39 is 0 Å². The van der Waals surface area contributed by atoms with Crippen molar-refractivity contribution in [3.05, 3.63) is 29.6 Å². The first-order chi connectivity index (χ1) is 9.56. The molecule has 0 saturated heterocycles. The van der Waals surface area contributed by atoms with Crippen molar-refractivity contribution in [2.24, 2.45) is 7.05 Å². The number of nitrogens with one attached hydrogen (secondary N) is 1. The molecule has 1 N–H and O–H groups in total. The summed E-state index contributed by atoms with van der Waals surface area (Å²) >= 11 is 0. The molecular formula is C16H23N3O. The average molecular weight is 273 g/mol. The van der Waals surface area contributed by atoms with E-state index in [-0.39, 0.29) is 11.9 Å². The maximum absolute atomic E-state index is 12.2. The maximum Gasteiger partial charge on any atom is 0.251 e. The summed E-state index contributed by atoms with van der Waals surface area (Å²) in [5.41, 5.74) is 2.64. The molecule has 4 heteroatoms. The van der Waals surface area contributed by atoms with Crippen molar-refractivity contribution in [2.75, 3.05) is 0 Å². The average Bonchev–Trinajstić information content (AvgIpc) is 2.75. The van der Waals surface area contributed by atoms with Crippen LogP contribution in [0.4, 0.5) is 0 Å². The van der Waals surface area contributed by atoms with E-state index in [1.165, 1.54) is 0 Å². The summed E-state index contributed by atoms with van der Waals surface area (Å²) in [5, 5.41) is 3.02. The molecule has 0 aliphatic heterocycles. The number of imidazole rings is 1. The van der Waals surface area contributed by atoms with Crippen LogP contribution in [0.1, 0.15) is 49.8 Å². The Hall–Kier alpha value is -1.84. The van der Waals surface area contributed by atoms with Gasteiger partial charge in [0.2, 0.25) is 0 Å². The Morgan fingerprint density at radius 1 is 1.40 bits per heavy atom. The second kappa shape index (κ2) is 6.07. The molecule has 0 aliphatic rings. The highest BCUT2D eigenvalue weighted by Crippen LogP contribution is 2.17. The Morgan fingerprint density at radius 3 is 2.80 bits per heavy atom. The van der Waals surface area contributed by atoms with Gasteiger partial charge in [0.15, 0.2) is 0 Å². The minimum atomic E-state index is -0.0171. The highest BCUT2D eigenvalue weighted by Gasteiger charge is 2.12. The second-order valence-electron chi connectivity index (χ2n) is 5.31. The summed E-state index contributed by atoms with van der Waals surface area (Å²) in [6.45, 7) is 6.24. The fourth-order valence-electron chi connectivity index (χ4n) is 2.52. The smallest absolute Gasteiger partial charge is 0.251 e. The molecule has 0 aliphatic carbocycles. The predicted molar refractivity (Wildman–Crippen MR) is 81.9 cm³/mol. The number of carbonyl (C=O) groups is 1. The molecule has 0 bridgehead atoms. The van der Waals surface area contributed by atoms with E-state index in [0.29, 0.717) is 5.56 Å². The van der Waals surface area contributed by atoms with Crippen LogP contribution in [0.2, 0.25) is 0 Å². The van der Waals surface area contributed by atoms with Crippen molar-refractivity contribution >= 4 is 16.9 Å². The van der Waals surface area contributed by atoms with Gasteiger partial charge in [-0.05, 0) is 31.5 Å². The highest BCUT2D eigenvalue weighted by atomic mass is 16.1. The van der Waals surface area contributed by atoms with Gasteiger partial charge in [0.25, 0.3) is 5.91 Å². The quantitative estimate of drug-likeness (QED) is 0.910. The van der Waals surface area contributed by atoms with Gasteiger partial charge in [-0.25, -0.2) is 4.98 Å². The lowest BCUT2D eigenvalue weighted by atomic mass is 10.1. The van der Waals surface area contributed by atoms with E-state index in [0.717, 1.165) is 36.1 Å². The SMILES string of the molecule is CCC[C@@H](C)NC(=O)c1ccc2c(c1)nc(CC)n2C. The first-order valence-corrected chi connectivity index (χ1v) is 7.33. The van der Waals surface area contributed by atoms with Crippen molar-refractivity contribution in [2.45, 2.75) is 46.1 Å². The molecule has 1 aromatic heterocycles. The number of carbonyl (C=O) groups excluding carboxylic acids is 1. The molecule has 2 rings (SSSR count). The molecule has 0 fully saturated rings. The van der Waals surface area contributed by atoms with Crippen LogP contribution in [0.5, 0.6) is 0 Å². The summed E-state index contributed by atoms with van der Waals surface area (Å²) in [6.07, 6.45) is 2.96. The normalized spacial score (nSPS) is 12.6. The minimum absolute atomic E-state index is 0.0171. The van der Waals surface area contributed by atoms with Crippen LogP contribution in [0.3, 0.4) is 0 Å². The van der Waals surface area contributed by atoms with E-state index in [1.807, 2.05) is 32.2 Å². The standard InChI is InChI=1S/C16H23N3O/c1-5-7-11(3)17-16(20)12-8-9-14-13(10-12)18-15(6-2)19(14)4/h8-11H,5-7H2,1-4H3,(H,17,20)/t11-/m1/s1. The number of aryl methyl sites for hydroxylation is 2. The fraction of sp³-hybridized carbons (Fsp3) is 0.500. The van der Waals surface area contributed by atoms with E-state index in [1.54, 1.807) is 0 Å². The third-order valence-corrected chi connectivity index (χ3v) is 3.65. The summed E-state index contributed by atoms with van der Waals surface area (Å²) in [5.74, 6) is 1.02. The number of nitrogens with zero attached hydrogens (tertiary/aromatic N) is 2. The summed E-state index contributed by atoms with van der Waals surface area (Å²) in [6, 6.07) is 5.93. The number of aromatic nitrogens is 2. The highest BCUT2D eigenvalue weighted by molar-refractivity contribution is 5.97. The van der Waals surface area contributed by atoms with Gasteiger partial charge in [0.05, 0.1) is 11.0 Å². The van der Waals surface area contributed by atoms with Crippen LogP contribution in [0.25, 0.3) is 11.0 Å². The molecule has 2 aromatic rings. The van der Waals surface area contributed by atoms with Crippen molar-refractivity contribution in [1.29, 1.82) is 0 Å². The minimum Gasteiger partial charge on any atom is -0.350 e. The zero-order valence-electron chi connectivity index (χ0n) is 12.7. The van der Waals surface area contributed by atoms with E-state index in [4.69, 9.17) is 0 Å². The third-order valence-electron chi connectivity index (χ3n) is 3.65. The molecule has 1 aromatic carbocycles. The molecule has 20 heavy (non-hydrogen) atoms. The molecule has 0 unspecified atom stereocenters. The lowest BCUT2D eigenvalue weighted by molar-refractivity contribution is 0.0938.